The molecule has 0 radical (unpaired) electrons. The molecule has 0 spiro atoms. The van der Waals surface area contributed by atoms with Gasteiger partial charge in [0, 0.05) is 55.1 Å². The summed E-state index contributed by atoms with van der Waals surface area (Å²) in [7, 11) is 3.73. The molecule has 2 aliphatic heterocycles. The van der Waals surface area contributed by atoms with Gasteiger partial charge in [-0.15, -0.1) is 0 Å². The molecule has 1 aromatic heterocycles. The third-order valence-corrected chi connectivity index (χ3v) is 6.78. The predicted octanol–water partition coefficient (Wildman–Crippen LogP) is 3.37. The summed E-state index contributed by atoms with van der Waals surface area (Å²) < 4.78 is 6.28. The van der Waals surface area contributed by atoms with E-state index in [0.29, 0.717) is 24.7 Å². The van der Waals surface area contributed by atoms with E-state index in [0.717, 1.165) is 12.8 Å². The lowest BCUT2D eigenvalue weighted by atomic mass is 9.79. The zero-order chi connectivity index (χ0) is 25.7. The van der Waals surface area contributed by atoms with E-state index in [4.69, 9.17) is 4.74 Å². The van der Waals surface area contributed by atoms with E-state index in [9.17, 15) is 10.4 Å². The van der Waals surface area contributed by atoms with Gasteiger partial charge in [0.25, 0.3) is 0 Å². The maximum absolute atomic E-state index is 10.6. The third kappa shape index (κ3) is 5.88. The standard InChI is InChI=1S/C23H44N8O3/c1-20(2)11-15(12-21(3,4)30(20)32)24-17-25-18(28-29(9)10)27-19(26-17)34-16-13-22(5,6)31(33)23(7,8)14-16/h15-16,32-33H,11-14H2,1-10H3,(H2,24,25,26,27,28). The van der Waals surface area contributed by atoms with Crippen molar-refractivity contribution in [3.05, 3.63) is 0 Å². The van der Waals surface area contributed by atoms with Crippen LogP contribution in [0, 0.1) is 0 Å². The first kappa shape index (κ1) is 26.8. The molecule has 4 N–H and O–H groups in total. The lowest BCUT2D eigenvalue weighted by Crippen LogP contribution is -2.61. The van der Waals surface area contributed by atoms with Crippen molar-refractivity contribution in [2.75, 3.05) is 24.8 Å². The van der Waals surface area contributed by atoms with Crippen molar-refractivity contribution in [2.45, 2.75) is 115 Å². The zero-order valence-electron chi connectivity index (χ0n) is 22.5. The Balaban J connectivity index is 1.84. The highest BCUT2D eigenvalue weighted by Gasteiger charge is 2.47. The van der Waals surface area contributed by atoms with Crippen molar-refractivity contribution in [2.24, 2.45) is 0 Å². The van der Waals surface area contributed by atoms with E-state index >= 15 is 0 Å². The van der Waals surface area contributed by atoms with Crippen LogP contribution in [0.1, 0.15) is 81.1 Å². The van der Waals surface area contributed by atoms with Gasteiger partial charge in [-0.3, -0.25) is 5.43 Å². The molecule has 2 aliphatic rings. The summed E-state index contributed by atoms with van der Waals surface area (Å²) in [4.78, 5) is 13.6. The maximum Gasteiger partial charge on any atom is 0.323 e. The van der Waals surface area contributed by atoms with E-state index in [1.165, 1.54) is 10.1 Å². The number of hydrogen-bond acceptors (Lipinski definition) is 11. The van der Waals surface area contributed by atoms with Crippen LogP contribution in [0.15, 0.2) is 0 Å². The fraction of sp³-hybridized carbons (Fsp3) is 0.870. The van der Waals surface area contributed by atoms with Crippen LogP contribution in [0.4, 0.5) is 11.9 Å². The predicted molar refractivity (Wildman–Crippen MR) is 131 cm³/mol. The topological polar surface area (TPSA) is 122 Å². The van der Waals surface area contributed by atoms with Gasteiger partial charge in [0.2, 0.25) is 11.9 Å². The van der Waals surface area contributed by atoms with Gasteiger partial charge in [0.05, 0.1) is 0 Å². The van der Waals surface area contributed by atoms with E-state index < -0.39 is 22.2 Å². The number of aromatic nitrogens is 3. The van der Waals surface area contributed by atoms with Crippen LogP contribution in [-0.2, 0) is 0 Å². The molecule has 0 unspecified atom stereocenters. The summed E-state index contributed by atoms with van der Waals surface area (Å²) in [6.45, 7) is 16.1. The Morgan fingerprint density at radius 3 is 1.68 bits per heavy atom. The van der Waals surface area contributed by atoms with Crippen molar-refractivity contribution in [3.8, 4) is 6.01 Å². The Morgan fingerprint density at radius 1 is 0.765 bits per heavy atom. The lowest BCUT2D eigenvalue weighted by Gasteiger charge is -2.51. The molecule has 0 aromatic carbocycles. The second kappa shape index (κ2) is 9.02. The van der Waals surface area contributed by atoms with Gasteiger partial charge in [-0.1, -0.05) is 0 Å². The Morgan fingerprint density at radius 2 is 1.21 bits per heavy atom. The average molecular weight is 481 g/mol. The molecule has 194 valence electrons. The van der Waals surface area contributed by atoms with Crippen LogP contribution < -0.4 is 15.5 Å². The number of hydrogen-bond donors (Lipinski definition) is 4. The number of nitrogens with one attached hydrogen (secondary N) is 2. The molecule has 0 bridgehead atoms. The number of piperidine rings is 2. The van der Waals surface area contributed by atoms with Crippen molar-refractivity contribution < 1.29 is 15.2 Å². The molecular formula is C23H44N8O3. The molecule has 11 heteroatoms. The summed E-state index contributed by atoms with van der Waals surface area (Å²) in [5.74, 6) is 0.809. The highest BCUT2D eigenvalue weighted by Crippen LogP contribution is 2.39. The Bertz CT molecular complexity index is 776. The van der Waals surface area contributed by atoms with Gasteiger partial charge in [-0.25, -0.2) is 5.01 Å². The SMILES string of the molecule is CN(C)Nc1nc(NC2CC(C)(C)N(O)C(C)(C)C2)nc(OC2CC(C)(C)N(O)C(C)(C)C2)n1. The normalized spacial score (nSPS) is 25.3. The largest absolute Gasteiger partial charge is 0.460 e. The number of rotatable bonds is 6. The molecule has 3 heterocycles. The Hall–Kier alpha value is -1.79. The molecule has 34 heavy (non-hydrogen) atoms. The number of nitrogens with zero attached hydrogens (tertiary/aromatic N) is 6. The fourth-order valence-corrected chi connectivity index (χ4v) is 5.69. The van der Waals surface area contributed by atoms with Gasteiger partial charge in [-0.2, -0.15) is 25.1 Å². The van der Waals surface area contributed by atoms with Gasteiger partial charge in [-0.05, 0) is 68.2 Å². The van der Waals surface area contributed by atoms with Crippen LogP contribution in [0.5, 0.6) is 6.01 Å². The average Bonchev–Trinajstić information content (AvgIpc) is 2.62. The van der Waals surface area contributed by atoms with Crippen molar-refractivity contribution in [3.63, 3.8) is 0 Å². The van der Waals surface area contributed by atoms with Crippen LogP contribution in [-0.4, -0.2) is 88.9 Å². The molecule has 3 rings (SSSR count). The van der Waals surface area contributed by atoms with Crippen molar-refractivity contribution >= 4 is 11.9 Å². The smallest absolute Gasteiger partial charge is 0.323 e. The van der Waals surface area contributed by atoms with Gasteiger partial charge in [0.1, 0.15) is 6.10 Å². The van der Waals surface area contributed by atoms with Crippen LogP contribution >= 0.6 is 0 Å². The third-order valence-electron chi connectivity index (χ3n) is 6.78. The van der Waals surface area contributed by atoms with Gasteiger partial charge < -0.3 is 20.5 Å². The first-order valence-electron chi connectivity index (χ1n) is 12.0. The van der Waals surface area contributed by atoms with Crippen LogP contribution in [0.3, 0.4) is 0 Å². The van der Waals surface area contributed by atoms with Crippen molar-refractivity contribution in [1.82, 2.24) is 30.1 Å². The molecule has 0 aliphatic carbocycles. The second-order valence-electron chi connectivity index (χ2n) is 12.5. The molecule has 1 aromatic rings. The molecule has 0 amide bonds. The fourth-order valence-electron chi connectivity index (χ4n) is 5.69. The van der Waals surface area contributed by atoms with E-state index in [2.05, 4.69) is 25.7 Å². The number of anilines is 2. The quantitative estimate of drug-likeness (QED) is 0.448. The maximum atomic E-state index is 10.6. The monoisotopic (exact) mass is 480 g/mol. The Kier molecular flexibility index (Phi) is 7.11. The van der Waals surface area contributed by atoms with E-state index in [1.54, 1.807) is 5.01 Å². The first-order chi connectivity index (χ1) is 15.4. The summed E-state index contributed by atoms with van der Waals surface area (Å²) in [5, 5.41) is 29.3. The zero-order valence-corrected chi connectivity index (χ0v) is 22.5. The number of hydrazine groups is 1. The van der Waals surface area contributed by atoms with Crippen molar-refractivity contribution in [1.29, 1.82) is 0 Å². The van der Waals surface area contributed by atoms with Gasteiger partial charge in [0.15, 0.2) is 0 Å². The number of ether oxygens (including phenoxy) is 1. The van der Waals surface area contributed by atoms with Crippen LogP contribution in [0.2, 0.25) is 0 Å². The number of hydroxylamine groups is 4. The molecule has 11 nitrogen and oxygen atoms in total. The molecule has 2 saturated heterocycles. The highest BCUT2D eigenvalue weighted by molar-refractivity contribution is 5.36. The molecular weight excluding hydrogens is 436 g/mol. The summed E-state index contributed by atoms with van der Waals surface area (Å²) in [6, 6.07) is 0.300. The Labute approximate surface area is 203 Å². The minimum atomic E-state index is -0.444. The van der Waals surface area contributed by atoms with E-state index in [-0.39, 0.29) is 18.2 Å². The summed E-state index contributed by atoms with van der Waals surface area (Å²) in [5.41, 5.74) is 1.41. The molecule has 0 saturated carbocycles. The highest BCUT2D eigenvalue weighted by atomic mass is 16.5. The lowest BCUT2D eigenvalue weighted by molar-refractivity contribution is -0.255. The van der Waals surface area contributed by atoms with E-state index in [1.807, 2.05) is 69.5 Å². The summed E-state index contributed by atoms with van der Waals surface area (Å²) >= 11 is 0. The minimum Gasteiger partial charge on any atom is -0.460 e. The minimum absolute atomic E-state index is 0.0614. The first-order valence-corrected chi connectivity index (χ1v) is 12.0. The van der Waals surface area contributed by atoms with Crippen LogP contribution in [0.25, 0.3) is 0 Å². The second-order valence-corrected chi connectivity index (χ2v) is 12.5. The summed E-state index contributed by atoms with van der Waals surface area (Å²) in [6.07, 6.45) is 2.56. The van der Waals surface area contributed by atoms with Gasteiger partial charge >= 0.3 is 6.01 Å². The molecule has 0 atom stereocenters. The molecule has 2 fully saturated rings.